The summed E-state index contributed by atoms with van der Waals surface area (Å²) in [5, 5.41) is 28.9. The standard InChI is InChI=1S/C48H50N2O10/c1-47(2,3)60-46(55)49-39-41(51)38(29-58-48(30-18-8-5-9-19-30,31-20-10-6-11-21-31)32-22-12-7-13-23-32)59-43(42(39)52)40(44(53)56-4)50-45(54)57-28-37-35-26-16-14-24-33(35)34-25-15-17-27-36(34)37/h5-27,37-43,51-52H,28-29H2,1-4H3,(H,49,55)(H,50,54)/t38-,39-,40+,41-,42-,43+/m1/s1. The molecular weight excluding hydrogens is 765 g/mol. The predicted molar refractivity (Wildman–Crippen MR) is 223 cm³/mol. The number of benzene rings is 5. The Labute approximate surface area is 349 Å². The highest BCUT2D eigenvalue weighted by molar-refractivity contribution is 5.83. The largest absolute Gasteiger partial charge is 0.467 e. The van der Waals surface area contributed by atoms with E-state index in [-0.39, 0.29) is 19.1 Å². The summed E-state index contributed by atoms with van der Waals surface area (Å²) in [6, 6.07) is 41.3. The molecule has 0 spiro atoms. The summed E-state index contributed by atoms with van der Waals surface area (Å²) in [7, 11) is 1.13. The van der Waals surface area contributed by atoms with Crippen molar-refractivity contribution in [3.05, 3.63) is 167 Å². The summed E-state index contributed by atoms with van der Waals surface area (Å²) >= 11 is 0. The Morgan fingerprint density at radius 1 is 0.667 bits per heavy atom. The van der Waals surface area contributed by atoms with E-state index in [1.807, 2.05) is 140 Å². The van der Waals surface area contributed by atoms with E-state index in [9.17, 15) is 24.6 Å². The molecule has 60 heavy (non-hydrogen) atoms. The Morgan fingerprint density at radius 3 is 1.63 bits per heavy atom. The van der Waals surface area contributed by atoms with E-state index in [0.717, 1.165) is 46.1 Å². The normalized spacial score (nSPS) is 20.5. The maximum atomic E-state index is 13.7. The summed E-state index contributed by atoms with van der Waals surface area (Å²) < 4.78 is 29.7. The maximum absolute atomic E-state index is 13.7. The van der Waals surface area contributed by atoms with Crippen molar-refractivity contribution in [3.63, 3.8) is 0 Å². The first-order valence-corrected chi connectivity index (χ1v) is 19.9. The molecule has 2 amide bonds. The van der Waals surface area contributed by atoms with Gasteiger partial charge >= 0.3 is 18.2 Å². The second-order valence-corrected chi connectivity index (χ2v) is 15.9. The average molecular weight is 815 g/mol. The van der Waals surface area contributed by atoms with Crippen molar-refractivity contribution in [3.8, 4) is 11.1 Å². The SMILES string of the molecule is COC(=O)[C@@H](NC(=O)OCC1c2ccccc2-c2ccccc21)[C@@H]1O[C@H](COC(c2ccccc2)(c2ccccc2)c2ccccc2)[C@@H](O)[C@@H](NC(=O)OC(C)(C)C)[C@H]1O. The molecule has 12 heteroatoms. The van der Waals surface area contributed by atoms with E-state index < -0.39 is 65.9 Å². The zero-order valence-electron chi connectivity index (χ0n) is 33.9. The molecule has 2 aliphatic rings. The molecule has 6 atom stereocenters. The third-order valence-corrected chi connectivity index (χ3v) is 10.9. The van der Waals surface area contributed by atoms with Gasteiger partial charge < -0.3 is 44.5 Å². The van der Waals surface area contributed by atoms with Crippen molar-refractivity contribution < 1.29 is 48.3 Å². The number of aliphatic hydroxyl groups is 2. The number of aliphatic hydroxyl groups excluding tert-OH is 2. The highest BCUT2D eigenvalue weighted by Crippen LogP contribution is 2.45. The first kappa shape index (κ1) is 42.1. The van der Waals surface area contributed by atoms with Crippen LogP contribution in [0.1, 0.15) is 54.5 Å². The van der Waals surface area contributed by atoms with Gasteiger partial charge in [0.25, 0.3) is 0 Å². The molecule has 7 rings (SSSR count). The number of alkyl carbamates (subject to hydrolysis) is 2. The first-order chi connectivity index (χ1) is 28.9. The first-order valence-electron chi connectivity index (χ1n) is 19.9. The van der Waals surface area contributed by atoms with Crippen LogP contribution in [0.5, 0.6) is 0 Å². The Balaban J connectivity index is 1.19. The Morgan fingerprint density at radius 2 is 1.15 bits per heavy atom. The molecule has 0 bridgehead atoms. The van der Waals surface area contributed by atoms with Gasteiger partial charge in [-0.3, -0.25) is 0 Å². The van der Waals surface area contributed by atoms with Gasteiger partial charge in [0.15, 0.2) is 6.04 Å². The summed E-state index contributed by atoms with van der Waals surface area (Å²) in [6.07, 6.45) is -8.17. The van der Waals surface area contributed by atoms with Crippen LogP contribution in [-0.2, 0) is 34.1 Å². The molecule has 1 aliphatic heterocycles. The molecular formula is C48H50N2O10. The van der Waals surface area contributed by atoms with Crippen LogP contribution in [0.4, 0.5) is 9.59 Å². The van der Waals surface area contributed by atoms with Crippen LogP contribution in [0, 0.1) is 0 Å². The molecule has 0 unspecified atom stereocenters. The number of esters is 1. The van der Waals surface area contributed by atoms with E-state index in [4.69, 9.17) is 23.7 Å². The fourth-order valence-electron chi connectivity index (χ4n) is 8.17. The van der Waals surface area contributed by atoms with E-state index in [2.05, 4.69) is 10.6 Å². The van der Waals surface area contributed by atoms with Crippen LogP contribution in [0.3, 0.4) is 0 Å². The fraction of sp³-hybridized carbons (Fsp3) is 0.312. The van der Waals surface area contributed by atoms with E-state index in [1.165, 1.54) is 0 Å². The molecule has 1 aliphatic carbocycles. The molecule has 5 aromatic rings. The van der Waals surface area contributed by atoms with Crippen molar-refractivity contribution in [1.29, 1.82) is 0 Å². The minimum absolute atomic E-state index is 0.0552. The molecule has 4 N–H and O–H groups in total. The van der Waals surface area contributed by atoms with Gasteiger partial charge in [-0.2, -0.15) is 0 Å². The number of nitrogens with one attached hydrogen (secondary N) is 2. The number of ether oxygens (including phenoxy) is 5. The van der Waals surface area contributed by atoms with Gasteiger partial charge in [0.05, 0.1) is 19.8 Å². The van der Waals surface area contributed by atoms with Crippen molar-refractivity contribution in [2.45, 2.75) is 74.4 Å². The van der Waals surface area contributed by atoms with Crippen molar-refractivity contribution in [2.75, 3.05) is 20.3 Å². The topological polar surface area (TPSA) is 162 Å². The molecule has 1 heterocycles. The van der Waals surface area contributed by atoms with Gasteiger partial charge in [0.1, 0.15) is 42.2 Å². The average Bonchev–Trinajstić information content (AvgIpc) is 3.58. The van der Waals surface area contributed by atoms with Crippen LogP contribution >= 0.6 is 0 Å². The van der Waals surface area contributed by atoms with Crippen LogP contribution < -0.4 is 10.6 Å². The molecule has 5 aromatic carbocycles. The monoisotopic (exact) mass is 814 g/mol. The number of hydrogen-bond donors (Lipinski definition) is 4. The molecule has 1 saturated heterocycles. The summed E-state index contributed by atoms with van der Waals surface area (Å²) in [5.41, 5.74) is 4.23. The molecule has 0 radical (unpaired) electrons. The molecule has 312 valence electrons. The van der Waals surface area contributed by atoms with Crippen LogP contribution in [0.15, 0.2) is 140 Å². The summed E-state index contributed by atoms with van der Waals surface area (Å²) in [6.45, 7) is 4.63. The van der Waals surface area contributed by atoms with Gasteiger partial charge in [-0.25, -0.2) is 14.4 Å². The lowest BCUT2D eigenvalue weighted by molar-refractivity contribution is -0.215. The lowest BCUT2D eigenvalue weighted by atomic mass is 9.80. The number of hydrogen-bond acceptors (Lipinski definition) is 10. The van der Waals surface area contributed by atoms with E-state index in [1.54, 1.807) is 20.8 Å². The number of carbonyl (C=O) groups is 3. The second kappa shape index (κ2) is 18.1. The Hall–Kier alpha value is -6.05. The molecule has 1 fully saturated rings. The van der Waals surface area contributed by atoms with Gasteiger partial charge in [-0.05, 0) is 59.7 Å². The zero-order valence-corrected chi connectivity index (χ0v) is 33.9. The highest BCUT2D eigenvalue weighted by atomic mass is 16.6. The summed E-state index contributed by atoms with van der Waals surface area (Å²) in [5.74, 6) is -1.23. The fourth-order valence-corrected chi connectivity index (χ4v) is 8.17. The quantitative estimate of drug-likeness (QED) is 0.0626. The molecule has 0 aromatic heterocycles. The van der Waals surface area contributed by atoms with Gasteiger partial charge in [0, 0.05) is 5.92 Å². The third kappa shape index (κ3) is 8.78. The minimum atomic E-state index is -1.77. The lowest BCUT2D eigenvalue weighted by Crippen LogP contribution is -2.69. The number of carbonyl (C=O) groups excluding carboxylic acids is 3. The summed E-state index contributed by atoms with van der Waals surface area (Å²) in [4.78, 5) is 40.4. The maximum Gasteiger partial charge on any atom is 0.408 e. The van der Waals surface area contributed by atoms with Crippen LogP contribution in [0.25, 0.3) is 11.1 Å². The minimum Gasteiger partial charge on any atom is -0.467 e. The lowest BCUT2D eigenvalue weighted by Gasteiger charge is -2.46. The van der Waals surface area contributed by atoms with Crippen molar-refractivity contribution in [1.82, 2.24) is 10.6 Å². The number of fused-ring (bicyclic) bond motifs is 3. The van der Waals surface area contributed by atoms with Crippen LogP contribution in [-0.4, -0.2) is 90.8 Å². The van der Waals surface area contributed by atoms with Gasteiger partial charge in [0.2, 0.25) is 0 Å². The molecule has 0 saturated carbocycles. The second-order valence-electron chi connectivity index (χ2n) is 15.9. The van der Waals surface area contributed by atoms with Crippen molar-refractivity contribution >= 4 is 18.2 Å². The van der Waals surface area contributed by atoms with E-state index in [0.29, 0.717) is 0 Å². The highest BCUT2D eigenvalue weighted by Gasteiger charge is 2.52. The van der Waals surface area contributed by atoms with E-state index >= 15 is 0 Å². The van der Waals surface area contributed by atoms with Gasteiger partial charge in [-0.15, -0.1) is 0 Å². The number of methoxy groups -OCH3 is 1. The molecule has 12 nitrogen and oxygen atoms in total. The predicted octanol–water partition coefficient (Wildman–Crippen LogP) is 6.46. The smallest absolute Gasteiger partial charge is 0.408 e. The third-order valence-electron chi connectivity index (χ3n) is 10.9. The number of amides is 2. The van der Waals surface area contributed by atoms with Crippen LogP contribution in [0.2, 0.25) is 0 Å². The van der Waals surface area contributed by atoms with Gasteiger partial charge in [-0.1, -0.05) is 140 Å². The zero-order chi connectivity index (χ0) is 42.4. The van der Waals surface area contributed by atoms with Crippen molar-refractivity contribution in [2.24, 2.45) is 0 Å². The Kier molecular flexibility index (Phi) is 12.7. The Bertz CT molecular complexity index is 2110. The number of rotatable bonds is 12.